The molecule has 0 spiro atoms. The molecule has 19 heavy (non-hydrogen) atoms. The van der Waals surface area contributed by atoms with Crippen molar-refractivity contribution in [2.75, 3.05) is 18.0 Å². The van der Waals surface area contributed by atoms with Gasteiger partial charge in [-0.3, -0.25) is 4.79 Å². The molecule has 1 aromatic heterocycles. The first kappa shape index (κ1) is 14.2. The number of carbonyl (C=O) groups is 1. The lowest BCUT2D eigenvalue weighted by Crippen LogP contribution is -2.44. The molecule has 106 valence electrons. The quantitative estimate of drug-likeness (QED) is 0.919. The molecule has 1 atom stereocenters. The van der Waals surface area contributed by atoms with Crippen molar-refractivity contribution in [1.29, 1.82) is 0 Å². The highest BCUT2D eigenvalue weighted by molar-refractivity contribution is 7.09. The lowest BCUT2D eigenvalue weighted by Gasteiger charge is -2.38. The lowest BCUT2D eigenvalue weighted by molar-refractivity contribution is -0.150. The fraction of sp³-hybridized carbons (Fsp3) is 0.769. The van der Waals surface area contributed by atoms with E-state index in [1.54, 1.807) is 0 Å². The molecule has 1 aliphatic rings. The number of rotatable bonds is 4. The van der Waals surface area contributed by atoms with Gasteiger partial charge in [0, 0.05) is 31.0 Å². The Kier molecular flexibility index (Phi) is 4.08. The summed E-state index contributed by atoms with van der Waals surface area (Å²) in [5, 5.41) is 10.3. The molecule has 0 bridgehead atoms. The monoisotopic (exact) mass is 283 g/mol. The van der Waals surface area contributed by atoms with Crippen LogP contribution in [-0.4, -0.2) is 33.5 Å². The third-order valence-corrected chi connectivity index (χ3v) is 4.85. The summed E-state index contributed by atoms with van der Waals surface area (Å²) in [6.45, 7) is 7.39. The van der Waals surface area contributed by atoms with Crippen LogP contribution in [0.5, 0.6) is 0 Å². The van der Waals surface area contributed by atoms with Gasteiger partial charge in [-0.25, -0.2) is 4.98 Å². The Morgan fingerprint density at radius 3 is 2.89 bits per heavy atom. The number of hydrogen-bond donors (Lipinski definition) is 1. The smallest absolute Gasteiger partial charge is 0.309 e. The van der Waals surface area contributed by atoms with Gasteiger partial charge < -0.3 is 10.0 Å². The molecule has 1 fully saturated rings. The zero-order valence-electron chi connectivity index (χ0n) is 11.7. The maximum Gasteiger partial charge on any atom is 0.309 e. The van der Waals surface area contributed by atoms with E-state index < -0.39 is 11.4 Å². The van der Waals surface area contributed by atoms with Gasteiger partial charge in [-0.05, 0) is 32.6 Å². The van der Waals surface area contributed by atoms with E-state index in [2.05, 4.69) is 14.3 Å². The number of anilines is 1. The highest BCUT2D eigenvalue weighted by Crippen LogP contribution is 2.36. The molecule has 0 amide bonds. The van der Waals surface area contributed by atoms with Crippen molar-refractivity contribution in [3.63, 3.8) is 0 Å². The topological polar surface area (TPSA) is 66.3 Å². The number of carboxylic acids is 1. The molecule has 1 aliphatic heterocycles. The van der Waals surface area contributed by atoms with E-state index in [1.807, 2.05) is 20.8 Å². The second-order valence-corrected chi connectivity index (χ2v) is 6.39. The van der Waals surface area contributed by atoms with Gasteiger partial charge in [0.1, 0.15) is 5.82 Å². The van der Waals surface area contributed by atoms with Crippen molar-refractivity contribution in [2.24, 2.45) is 11.3 Å². The van der Waals surface area contributed by atoms with Crippen LogP contribution < -0.4 is 4.90 Å². The predicted molar refractivity (Wildman–Crippen MR) is 75.6 cm³/mol. The van der Waals surface area contributed by atoms with Crippen molar-refractivity contribution >= 4 is 22.6 Å². The summed E-state index contributed by atoms with van der Waals surface area (Å²) in [6, 6.07) is 0. The van der Waals surface area contributed by atoms with Gasteiger partial charge in [0.05, 0.1) is 5.41 Å². The number of aryl methyl sites for hydroxylation is 1. The van der Waals surface area contributed by atoms with Crippen LogP contribution in [0.25, 0.3) is 0 Å². The Morgan fingerprint density at radius 1 is 1.58 bits per heavy atom. The van der Waals surface area contributed by atoms with Gasteiger partial charge in [0.15, 0.2) is 0 Å². The summed E-state index contributed by atoms with van der Waals surface area (Å²) in [6.07, 6.45) is 2.83. The SMILES string of the molecule is CCc1nsc(N2CCCC(C(C)(C)C(=O)O)C2)n1. The van der Waals surface area contributed by atoms with Gasteiger partial charge >= 0.3 is 5.97 Å². The highest BCUT2D eigenvalue weighted by atomic mass is 32.1. The molecule has 0 saturated carbocycles. The first-order valence-electron chi connectivity index (χ1n) is 6.76. The summed E-state index contributed by atoms with van der Waals surface area (Å²) < 4.78 is 4.30. The molecule has 0 radical (unpaired) electrons. The summed E-state index contributed by atoms with van der Waals surface area (Å²) >= 11 is 1.42. The molecule has 2 rings (SSSR count). The normalized spacial score (nSPS) is 20.6. The van der Waals surface area contributed by atoms with Gasteiger partial charge in [0.2, 0.25) is 5.13 Å². The van der Waals surface area contributed by atoms with Crippen LogP contribution >= 0.6 is 11.5 Å². The van der Waals surface area contributed by atoms with E-state index in [4.69, 9.17) is 0 Å². The van der Waals surface area contributed by atoms with Crippen molar-refractivity contribution in [3.05, 3.63) is 5.82 Å². The van der Waals surface area contributed by atoms with Gasteiger partial charge in [0.25, 0.3) is 0 Å². The minimum atomic E-state index is -0.717. The molecule has 1 unspecified atom stereocenters. The number of aliphatic carboxylic acids is 1. The molecule has 2 heterocycles. The largest absolute Gasteiger partial charge is 0.481 e. The summed E-state index contributed by atoms with van der Waals surface area (Å²) in [4.78, 5) is 18.1. The van der Waals surface area contributed by atoms with Gasteiger partial charge in [-0.1, -0.05) is 6.92 Å². The van der Waals surface area contributed by atoms with Crippen LogP contribution in [0.2, 0.25) is 0 Å². The fourth-order valence-electron chi connectivity index (χ4n) is 2.43. The molecular formula is C13H21N3O2S. The third-order valence-electron chi connectivity index (χ3n) is 4.04. The fourth-order valence-corrected chi connectivity index (χ4v) is 3.22. The minimum Gasteiger partial charge on any atom is -0.481 e. The van der Waals surface area contributed by atoms with Crippen molar-refractivity contribution in [2.45, 2.75) is 40.0 Å². The third kappa shape index (κ3) is 2.88. The summed E-state index contributed by atoms with van der Waals surface area (Å²) in [7, 11) is 0. The van der Waals surface area contributed by atoms with E-state index in [0.29, 0.717) is 0 Å². The highest BCUT2D eigenvalue weighted by Gasteiger charge is 2.39. The lowest BCUT2D eigenvalue weighted by atomic mass is 9.75. The summed E-state index contributed by atoms with van der Waals surface area (Å²) in [5.41, 5.74) is -0.684. The Labute approximate surface area is 117 Å². The standard InChI is InChI=1S/C13H21N3O2S/c1-4-10-14-12(19-15-10)16-7-5-6-9(8-16)13(2,3)11(17)18/h9H,4-8H2,1-3H3,(H,17,18). The molecule has 1 saturated heterocycles. The van der Waals surface area contributed by atoms with Crippen molar-refractivity contribution in [1.82, 2.24) is 9.36 Å². The molecule has 1 N–H and O–H groups in total. The van der Waals surface area contributed by atoms with Crippen molar-refractivity contribution in [3.8, 4) is 0 Å². The molecule has 1 aromatic rings. The van der Waals surface area contributed by atoms with E-state index in [-0.39, 0.29) is 5.92 Å². The average Bonchev–Trinajstić information content (AvgIpc) is 2.87. The zero-order chi connectivity index (χ0) is 14.0. The first-order valence-corrected chi connectivity index (χ1v) is 7.53. The van der Waals surface area contributed by atoms with E-state index in [1.165, 1.54) is 11.5 Å². The van der Waals surface area contributed by atoms with Gasteiger partial charge in [-0.2, -0.15) is 4.37 Å². The first-order chi connectivity index (χ1) is 8.95. The van der Waals surface area contributed by atoms with Crippen LogP contribution in [0.4, 0.5) is 5.13 Å². The Hall–Kier alpha value is -1.17. The Balaban J connectivity index is 2.11. The zero-order valence-corrected chi connectivity index (χ0v) is 12.5. The molecule has 0 aliphatic carbocycles. The second-order valence-electron chi connectivity index (χ2n) is 5.66. The van der Waals surface area contributed by atoms with Crippen LogP contribution in [0, 0.1) is 11.3 Å². The summed E-state index contributed by atoms with van der Waals surface area (Å²) in [5.74, 6) is 0.318. The van der Waals surface area contributed by atoms with Crippen LogP contribution in [0.15, 0.2) is 0 Å². The predicted octanol–water partition coefficient (Wildman–Crippen LogP) is 2.43. The Morgan fingerprint density at radius 2 is 2.32 bits per heavy atom. The van der Waals surface area contributed by atoms with E-state index >= 15 is 0 Å². The average molecular weight is 283 g/mol. The van der Waals surface area contributed by atoms with E-state index in [9.17, 15) is 9.90 Å². The number of hydrogen-bond acceptors (Lipinski definition) is 5. The van der Waals surface area contributed by atoms with Crippen LogP contribution in [-0.2, 0) is 11.2 Å². The minimum absolute atomic E-state index is 0.160. The van der Waals surface area contributed by atoms with E-state index in [0.717, 1.165) is 43.3 Å². The number of carboxylic acid groups (broad SMARTS) is 1. The second kappa shape index (κ2) is 5.45. The van der Waals surface area contributed by atoms with Crippen LogP contribution in [0.1, 0.15) is 39.4 Å². The molecule has 0 aromatic carbocycles. The van der Waals surface area contributed by atoms with Gasteiger partial charge in [-0.15, -0.1) is 0 Å². The maximum absolute atomic E-state index is 11.4. The Bertz CT molecular complexity index is 458. The number of piperidine rings is 1. The number of aromatic nitrogens is 2. The molecular weight excluding hydrogens is 262 g/mol. The van der Waals surface area contributed by atoms with Crippen LogP contribution in [0.3, 0.4) is 0 Å². The number of nitrogens with zero attached hydrogens (tertiary/aromatic N) is 3. The molecule has 6 heteroatoms. The molecule has 5 nitrogen and oxygen atoms in total. The van der Waals surface area contributed by atoms with Crippen molar-refractivity contribution < 1.29 is 9.90 Å². The maximum atomic E-state index is 11.4.